The lowest BCUT2D eigenvalue weighted by Gasteiger charge is -2.42. The number of aryl methyl sites for hydroxylation is 1. The number of aliphatic hydroxyl groups excluding tert-OH is 1. The van der Waals surface area contributed by atoms with E-state index in [1.54, 1.807) is 13.1 Å². The number of urea groups is 1. The zero-order valence-electron chi connectivity index (χ0n) is 18.6. The highest BCUT2D eigenvalue weighted by Crippen LogP contribution is 2.32. The molecular weight excluding hydrogens is 463 g/mol. The highest BCUT2D eigenvalue weighted by molar-refractivity contribution is 6.04. The van der Waals surface area contributed by atoms with Crippen molar-refractivity contribution in [2.75, 3.05) is 10.2 Å². The summed E-state index contributed by atoms with van der Waals surface area (Å²) in [5, 5.41) is 19.5. The Labute approximate surface area is 198 Å². The number of nitrogens with zero attached hydrogens (tertiary/aromatic N) is 3. The Hall–Kier alpha value is -4.30. The number of nitrogens with one attached hydrogen (secondary N) is 2. The average Bonchev–Trinajstić information content (AvgIpc) is 3.19. The quantitative estimate of drug-likeness (QED) is 0.499. The van der Waals surface area contributed by atoms with Gasteiger partial charge in [-0.15, -0.1) is 0 Å². The first-order valence-corrected chi connectivity index (χ1v) is 10.4. The number of carbonyl (C=O) groups excluding carboxylic acids is 2. The molecule has 1 saturated heterocycles. The van der Waals surface area contributed by atoms with E-state index in [4.69, 9.17) is 0 Å². The molecule has 1 aliphatic heterocycles. The van der Waals surface area contributed by atoms with Gasteiger partial charge in [-0.1, -0.05) is 24.0 Å². The molecule has 3 N–H and O–H groups in total. The number of halogens is 3. The van der Waals surface area contributed by atoms with E-state index in [0.717, 1.165) is 12.1 Å². The Morgan fingerprint density at radius 3 is 2.49 bits per heavy atom. The lowest BCUT2D eigenvalue weighted by Crippen LogP contribution is -2.67. The maximum Gasteiger partial charge on any atom is 0.325 e. The maximum absolute atomic E-state index is 14.9. The molecule has 1 aromatic heterocycles. The van der Waals surface area contributed by atoms with Crippen molar-refractivity contribution in [3.8, 4) is 11.8 Å². The minimum Gasteiger partial charge on any atom is -0.373 e. The summed E-state index contributed by atoms with van der Waals surface area (Å²) in [6.45, 7) is 1.38. The van der Waals surface area contributed by atoms with Gasteiger partial charge in [-0.25, -0.2) is 18.0 Å². The van der Waals surface area contributed by atoms with E-state index < -0.39 is 46.8 Å². The van der Waals surface area contributed by atoms with Crippen molar-refractivity contribution in [3.63, 3.8) is 0 Å². The zero-order chi connectivity index (χ0) is 25.3. The van der Waals surface area contributed by atoms with Gasteiger partial charge >= 0.3 is 6.03 Å². The number of benzene rings is 2. The number of hydrogen-bond donors (Lipinski definition) is 3. The van der Waals surface area contributed by atoms with Crippen LogP contribution in [0.4, 0.5) is 29.3 Å². The van der Waals surface area contributed by atoms with E-state index in [9.17, 15) is 27.9 Å². The van der Waals surface area contributed by atoms with Crippen LogP contribution in [0.5, 0.6) is 0 Å². The summed E-state index contributed by atoms with van der Waals surface area (Å²) in [5.41, 5.74) is -2.05. The zero-order valence-corrected chi connectivity index (χ0v) is 18.6. The van der Waals surface area contributed by atoms with E-state index in [0.29, 0.717) is 10.6 Å². The first-order chi connectivity index (χ1) is 16.6. The number of hydrogen-bond acceptors (Lipinski definition) is 4. The van der Waals surface area contributed by atoms with Crippen LogP contribution in [0.25, 0.3) is 0 Å². The molecular formula is C24H20F3N5O3. The van der Waals surface area contributed by atoms with Crippen LogP contribution in [-0.2, 0) is 11.8 Å². The van der Waals surface area contributed by atoms with Crippen LogP contribution in [0, 0.1) is 29.3 Å². The largest absolute Gasteiger partial charge is 0.373 e. The lowest BCUT2D eigenvalue weighted by molar-refractivity contribution is -0.123. The van der Waals surface area contributed by atoms with Crippen molar-refractivity contribution in [2.45, 2.75) is 25.1 Å². The molecule has 8 nitrogen and oxygen atoms in total. The Morgan fingerprint density at radius 1 is 1.20 bits per heavy atom. The number of anilines is 2. The first kappa shape index (κ1) is 23.8. The van der Waals surface area contributed by atoms with Crippen LogP contribution in [0.2, 0.25) is 0 Å². The van der Waals surface area contributed by atoms with Gasteiger partial charge in [0.2, 0.25) is 5.91 Å². The summed E-state index contributed by atoms with van der Waals surface area (Å²) < 4.78 is 45.0. The monoisotopic (exact) mass is 483 g/mol. The van der Waals surface area contributed by atoms with Crippen molar-refractivity contribution in [3.05, 3.63) is 77.4 Å². The number of carbonyl (C=O) groups is 2. The fraction of sp³-hybridized carbons (Fsp3) is 0.208. The Kier molecular flexibility index (Phi) is 6.24. The van der Waals surface area contributed by atoms with Crippen molar-refractivity contribution >= 4 is 23.3 Å². The number of aromatic nitrogens is 2. The summed E-state index contributed by atoms with van der Waals surface area (Å²) in [6.07, 6.45) is 0.859. The molecule has 0 saturated carbocycles. The van der Waals surface area contributed by atoms with Gasteiger partial charge in [0.15, 0.2) is 11.6 Å². The van der Waals surface area contributed by atoms with Crippen LogP contribution >= 0.6 is 0 Å². The third-order valence-corrected chi connectivity index (χ3v) is 5.43. The lowest BCUT2D eigenvalue weighted by atomic mass is 9.92. The molecule has 2 aromatic carbocycles. The predicted octanol–water partition coefficient (Wildman–Crippen LogP) is 2.87. The van der Waals surface area contributed by atoms with Crippen LogP contribution < -0.4 is 15.5 Å². The molecule has 0 radical (unpaired) electrons. The molecule has 3 aromatic rings. The van der Waals surface area contributed by atoms with Gasteiger partial charge in [0, 0.05) is 25.2 Å². The second-order valence-electron chi connectivity index (χ2n) is 8.19. The van der Waals surface area contributed by atoms with E-state index >= 15 is 0 Å². The maximum atomic E-state index is 14.9. The van der Waals surface area contributed by atoms with Gasteiger partial charge < -0.3 is 15.7 Å². The van der Waals surface area contributed by atoms with Crippen LogP contribution in [0.3, 0.4) is 0 Å². The molecule has 0 bridgehead atoms. The second kappa shape index (κ2) is 9.15. The molecule has 2 heterocycles. The summed E-state index contributed by atoms with van der Waals surface area (Å²) in [6, 6.07) is 6.34. The van der Waals surface area contributed by atoms with Crippen LogP contribution in [0.1, 0.15) is 24.5 Å². The van der Waals surface area contributed by atoms with Crippen LogP contribution in [-0.4, -0.2) is 38.6 Å². The number of amides is 3. The fourth-order valence-electron chi connectivity index (χ4n) is 3.66. The summed E-state index contributed by atoms with van der Waals surface area (Å²) >= 11 is 0. The van der Waals surface area contributed by atoms with Gasteiger partial charge in [0.05, 0.1) is 17.4 Å². The van der Waals surface area contributed by atoms with Gasteiger partial charge in [-0.05, 0) is 31.2 Å². The van der Waals surface area contributed by atoms with Crippen LogP contribution in [0.15, 0.2) is 48.8 Å². The van der Waals surface area contributed by atoms with E-state index in [1.807, 2.05) is 0 Å². The van der Waals surface area contributed by atoms with Gasteiger partial charge in [-0.3, -0.25) is 14.4 Å². The Bertz CT molecular complexity index is 1360. The van der Waals surface area contributed by atoms with Crippen molar-refractivity contribution in [1.82, 2.24) is 15.1 Å². The second-order valence-corrected chi connectivity index (χ2v) is 8.19. The molecule has 0 spiro atoms. The molecule has 4 rings (SSSR count). The topological polar surface area (TPSA) is 99.5 Å². The van der Waals surface area contributed by atoms with Crippen molar-refractivity contribution < 1.29 is 27.9 Å². The molecule has 1 unspecified atom stereocenters. The molecule has 1 fully saturated rings. The molecule has 180 valence electrons. The van der Waals surface area contributed by atoms with Gasteiger partial charge in [0.1, 0.15) is 23.3 Å². The SMILES string of the molecule is Cn1cc(NC(=O)[C@]2(C)CC(O)N(c3c(F)cc(C#Cc4ccccc4F)cc3F)C(=O)N2)cn1. The van der Waals surface area contributed by atoms with Crippen molar-refractivity contribution in [1.29, 1.82) is 0 Å². The Balaban J connectivity index is 1.56. The number of aliphatic hydroxyl groups is 1. The third kappa shape index (κ3) is 4.83. The summed E-state index contributed by atoms with van der Waals surface area (Å²) in [7, 11) is 1.65. The summed E-state index contributed by atoms with van der Waals surface area (Å²) in [5.74, 6) is 1.42. The minimum atomic E-state index is -1.72. The van der Waals surface area contributed by atoms with Crippen molar-refractivity contribution in [2.24, 2.45) is 7.05 Å². The predicted molar refractivity (Wildman–Crippen MR) is 121 cm³/mol. The molecule has 0 aliphatic carbocycles. The van der Waals surface area contributed by atoms with E-state index in [1.165, 1.54) is 42.2 Å². The molecule has 11 heteroatoms. The molecule has 3 amide bonds. The molecule has 1 aliphatic rings. The standard InChI is InChI=1S/C24H20F3N5O3/c1-24(22(34)29-16-12-28-31(2)13-16)11-20(33)32(23(35)30-24)21-18(26)9-14(10-19(21)27)7-8-15-5-3-4-6-17(15)25/h3-6,9-10,12-13,20,33H,11H2,1-2H3,(H,29,34)(H,30,35)/t20?,24-/m0/s1. The number of rotatable bonds is 3. The average molecular weight is 483 g/mol. The highest BCUT2D eigenvalue weighted by atomic mass is 19.1. The smallest absolute Gasteiger partial charge is 0.325 e. The third-order valence-electron chi connectivity index (χ3n) is 5.43. The highest BCUT2D eigenvalue weighted by Gasteiger charge is 2.46. The normalized spacial score (nSPS) is 19.5. The first-order valence-electron chi connectivity index (χ1n) is 10.4. The fourth-order valence-corrected chi connectivity index (χ4v) is 3.66. The van der Waals surface area contributed by atoms with Gasteiger partial charge in [-0.2, -0.15) is 5.10 Å². The molecule has 35 heavy (non-hydrogen) atoms. The summed E-state index contributed by atoms with van der Waals surface area (Å²) in [4.78, 5) is 26.0. The van der Waals surface area contributed by atoms with E-state index in [2.05, 4.69) is 27.6 Å². The Morgan fingerprint density at radius 2 is 1.89 bits per heavy atom. The molecule has 2 atom stereocenters. The minimum absolute atomic E-state index is 0.0482. The van der Waals surface area contributed by atoms with Gasteiger partial charge in [0.25, 0.3) is 0 Å². The van der Waals surface area contributed by atoms with E-state index in [-0.39, 0.29) is 17.5 Å².